The molecular formula is C18H22N6O4S2. The first-order valence-electron chi connectivity index (χ1n) is 9.25. The van der Waals surface area contributed by atoms with Crippen molar-refractivity contribution in [3.63, 3.8) is 0 Å². The van der Waals surface area contributed by atoms with E-state index in [9.17, 15) is 16.8 Å². The van der Waals surface area contributed by atoms with E-state index in [1.54, 1.807) is 10.6 Å². The third kappa shape index (κ3) is 3.84. The lowest BCUT2D eigenvalue weighted by molar-refractivity contribution is 0.597. The van der Waals surface area contributed by atoms with Crippen LogP contribution in [0, 0.1) is 6.92 Å². The quantitative estimate of drug-likeness (QED) is 0.562. The van der Waals surface area contributed by atoms with E-state index in [1.165, 1.54) is 18.5 Å². The molecule has 2 aromatic heterocycles. The molecule has 3 heterocycles. The zero-order chi connectivity index (χ0) is 21.7. The minimum absolute atomic E-state index is 0.00820. The molecule has 0 bridgehead atoms. The summed E-state index contributed by atoms with van der Waals surface area (Å²) in [5.74, 6) is 1.41. The maximum Gasteiger partial charge on any atom is 0.254 e. The van der Waals surface area contributed by atoms with E-state index in [-0.39, 0.29) is 9.79 Å². The normalized spacial score (nSPS) is 15.7. The molecule has 12 heteroatoms. The Hall–Kier alpha value is -2.73. The van der Waals surface area contributed by atoms with Crippen molar-refractivity contribution < 1.29 is 16.8 Å². The molecule has 1 saturated heterocycles. The first-order chi connectivity index (χ1) is 14.0. The number of piperazine rings is 1. The SMILES string of the molecule is Cc1cc(N2CCN(c3ccc(S(C)(=O)=O)cc3S(C)(=O)=O)CC2)n2ncnc2n1. The highest BCUT2D eigenvalue weighted by Gasteiger charge is 2.25. The summed E-state index contributed by atoms with van der Waals surface area (Å²) in [5.41, 5.74) is 1.35. The number of anilines is 2. The monoisotopic (exact) mass is 450 g/mol. The summed E-state index contributed by atoms with van der Waals surface area (Å²) in [6.45, 7) is 4.30. The average Bonchev–Trinajstić information content (AvgIpc) is 3.14. The zero-order valence-electron chi connectivity index (χ0n) is 16.8. The van der Waals surface area contributed by atoms with Crippen LogP contribution in [0.25, 0.3) is 5.78 Å². The van der Waals surface area contributed by atoms with Crippen LogP contribution in [0.5, 0.6) is 0 Å². The maximum absolute atomic E-state index is 12.4. The largest absolute Gasteiger partial charge is 0.367 e. The summed E-state index contributed by atoms with van der Waals surface area (Å²) in [7, 11) is -7.12. The minimum Gasteiger partial charge on any atom is -0.367 e. The molecule has 1 aliphatic rings. The average molecular weight is 451 g/mol. The lowest BCUT2D eigenvalue weighted by Crippen LogP contribution is -2.47. The van der Waals surface area contributed by atoms with E-state index in [4.69, 9.17) is 0 Å². The van der Waals surface area contributed by atoms with Gasteiger partial charge < -0.3 is 9.80 Å². The van der Waals surface area contributed by atoms with E-state index in [0.717, 1.165) is 24.0 Å². The predicted molar refractivity (Wildman–Crippen MR) is 113 cm³/mol. The van der Waals surface area contributed by atoms with Gasteiger partial charge in [-0.05, 0) is 25.1 Å². The van der Waals surface area contributed by atoms with Gasteiger partial charge in [-0.15, -0.1) is 0 Å². The second-order valence-corrected chi connectivity index (χ2v) is 11.4. The summed E-state index contributed by atoms with van der Waals surface area (Å²) in [4.78, 5) is 12.6. The second kappa shape index (κ2) is 7.20. The van der Waals surface area contributed by atoms with Crippen molar-refractivity contribution in [2.75, 3.05) is 48.5 Å². The van der Waals surface area contributed by atoms with Crippen LogP contribution in [-0.2, 0) is 19.7 Å². The van der Waals surface area contributed by atoms with Gasteiger partial charge in [0.15, 0.2) is 19.7 Å². The Labute approximate surface area is 175 Å². The summed E-state index contributed by atoms with van der Waals surface area (Å²) in [5, 5.41) is 4.24. The van der Waals surface area contributed by atoms with Crippen molar-refractivity contribution in [2.45, 2.75) is 16.7 Å². The van der Waals surface area contributed by atoms with E-state index in [2.05, 4.69) is 20.0 Å². The number of hydrogen-bond donors (Lipinski definition) is 0. The number of nitrogens with zero attached hydrogens (tertiary/aromatic N) is 6. The topological polar surface area (TPSA) is 118 Å². The van der Waals surface area contributed by atoms with Crippen molar-refractivity contribution in [1.82, 2.24) is 19.6 Å². The number of sulfone groups is 2. The number of rotatable bonds is 4. The summed E-state index contributed by atoms with van der Waals surface area (Å²) in [6.07, 6.45) is 3.62. The van der Waals surface area contributed by atoms with Crippen molar-refractivity contribution in [3.05, 3.63) is 36.3 Å². The Morgan fingerprint density at radius 3 is 2.20 bits per heavy atom. The molecule has 0 amide bonds. The first kappa shape index (κ1) is 20.5. The van der Waals surface area contributed by atoms with Crippen molar-refractivity contribution >= 4 is 37.0 Å². The Morgan fingerprint density at radius 1 is 0.900 bits per heavy atom. The van der Waals surface area contributed by atoms with Gasteiger partial charge in [0.05, 0.1) is 15.5 Å². The van der Waals surface area contributed by atoms with Gasteiger partial charge in [-0.25, -0.2) is 21.8 Å². The standard InChI is InChI=1S/C18H22N6O4S2/c1-13-10-17(24-18(21-13)19-12-20-24)23-8-6-22(7-9-23)15-5-4-14(29(2,25)26)11-16(15)30(3,27)28/h4-5,10-12H,6-9H2,1-3H3. The van der Waals surface area contributed by atoms with Crippen LogP contribution in [0.15, 0.2) is 40.4 Å². The highest BCUT2D eigenvalue weighted by Crippen LogP contribution is 2.30. The molecule has 0 atom stereocenters. The van der Waals surface area contributed by atoms with Crippen LogP contribution < -0.4 is 9.80 Å². The summed E-state index contributed by atoms with van der Waals surface area (Å²) in [6, 6.07) is 6.23. The first-order valence-corrected chi connectivity index (χ1v) is 13.0. The third-order valence-electron chi connectivity index (χ3n) is 5.06. The summed E-state index contributed by atoms with van der Waals surface area (Å²) >= 11 is 0. The molecule has 30 heavy (non-hydrogen) atoms. The Balaban J connectivity index is 1.63. The molecule has 0 radical (unpaired) electrons. The number of aryl methyl sites for hydroxylation is 1. The zero-order valence-corrected chi connectivity index (χ0v) is 18.5. The molecule has 1 fully saturated rings. The molecule has 1 aromatic carbocycles. The molecular weight excluding hydrogens is 428 g/mol. The van der Waals surface area contributed by atoms with Gasteiger partial charge in [-0.3, -0.25) is 0 Å². The van der Waals surface area contributed by atoms with Crippen LogP contribution in [0.1, 0.15) is 5.69 Å². The summed E-state index contributed by atoms with van der Waals surface area (Å²) < 4.78 is 50.2. The fourth-order valence-corrected chi connectivity index (χ4v) is 5.24. The fraction of sp³-hybridized carbons (Fsp3) is 0.389. The van der Waals surface area contributed by atoms with Gasteiger partial charge in [-0.1, -0.05) is 0 Å². The second-order valence-electron chi connectivity index (χ2n) is 7.38. The Kier molecular flexibility index (Phi) is 4.93. The van der Waals surface area contributed by atoms with E-state index in [1.807, 2.05) is 17.9 Å². The smallest absolute Gasteiger partial charge is 0.254 e. The number of hydrogen-bond acceptors (Lipinski definition) is 9. The van der Waals surface area contributed by atoms with Crippen LogP contribution in [0.4, 0.5) is 11.5 Å². The minimum atomic E-state index is -3.61. The molecule has 4 rings (SSSR count). The lowest BCUT2D eigenvalue weighted by Gasteiger charge is -2.37. The molecule has 0 spiro atoms. The number of benzene rings is 1. The highest BCUT2D eigenvalue weighted by molar-refractivity contribution is 7.91. The highest BCUT2D eigenvalue weighted by atomic mass is 32.2. The molecule has 0 aliphatic carbocycles. The van der Waals surface area contributed by atoms with Crippen LogP contribution in [0.3, 0.4) is 0 Å². The van der Waals surface area contributed by atoms with Gasteiger partial charge in [-0.2, -0.15) is 14.6 Å². The molecule has 0 saturated carbocycles. The Bertz CT molecular complexity index is 1330. The third-order valence-corrected chi connectivity index (χ3v) is 7.30. The molecule has 10 nitrogen and oxygen atoms in total. The van der Waals surface area contributed by atoms with Crippen molar-refractivity contribution in [2.24, 2.45) is 0 Å². The lowest BCUT2D eigenvalue weighted by atomic mass is 10.2. The van der Waals surface area contributed by atoms with Gasteiger partial charge in [0.1, 0.15) is 12.1 Å². The van der Waals surface area contributed by atoms with Gasteiger partial charge in [0.2, 0.25) is 0 Å². The van der Waals surface area contributed by atoms with Crippen LogP contribution in [-0.4, -0.2) is 75.1 Å². The number of aromatic nitrogens is 4. The number of fused-ring (bicyclic) bond motifs is 1. The van der Waals surface area contributed by atoms with E-state index in [0.29, 0.717) is 37.6 Å². The van der Waals surface area contributed by atoms with Crippen molar-refractivity contribution in [3.8, 4) is 0 Å². The Morgan fingerprint density at radius 2 is 1.57 bits per heavy atom. The van der Waals surface area contributed by atoms with E-state index >= 15 is 0 Å². The molecule has 1 aliphatic heterocycles. The van der Waals surface area contributed by atoms with E-state index < -0.39 is 19.7 Å². The maximum atomic E-state index is 12.4. The molecule has 0 N–H and O–H groups in total. The van der Waals surface area contributed by atoms with Crippen LogP contribution >= 0.6 is 0 Å². The van der Waals surface area contributed by atoms with Gasteiger partial charge >= 0.3 is 0 Å². The van der Waals surface area contributed by atoms with Crippen molar-refractivity contribution in [1.29, 1.82) is 0 Å². The van der Waals surface area contributed by atoms with Gasteiger partial charge in [0.25, 0.3) is 5.78 Å². The predicted octanol–water partition coefficient (Wildman–Crippen LogP) is 0.566. The van der Waals surface area contributed by atoms with Crippen LogP contribution in [0.2, 0.25) is 0 Å². The fourth-order valence-electron chi connectivity index (χ4n) is 3.60. The molecule has 160 valence electrons. The molecule has 3 aromatic rings. The molecule has 0 unspecified atom stereocenters. The van der Waals surface area contributed by atoms with Gasteiger partial charge in [0, 0.05) is 50.5 Å².